The number of thioether (sulfide) groups is 1. The van der Waals surface area contributed by atoms with Gasteiger partial charge in [-0.3, -0.25) is 0 Å². The van der Waals surface area contributed by atoms with Crippen LogP contribution in [-0.2, 0) is 10.0 Å². The van der Waals surface area contributed by atoms with Crippen LogP contribution in [0.2, 0.25) is 0 Å². The number of sulfonamides is 1. The molecule has 7 heteroatoms. The lowest BCUT2D eigenvalue weighted by molar-refractivity contribution is 0.545. The first-order valence-electron chi connectivity index (χ1n) is 5.51. The number of nitrogens with one attached hydrogen (secondary N) is 1. The van der Waals surface area contributed by atoms with Crippen molar-refractivity contribution in [2.45, 2.75) is 11.3 Å². The molecule has 1 aromatic carbocycles. The summed E-state index contributed by atoms with van der Waals surface area (Å²) in [6.45, 7) is 0.526. The second kappa shape index (κ2) is 6.26. The van der Waals surface area contributed by atoms with Crippen LogP contribution in [0.25, 0.3) is 0 Å². The van der Waals surface area contributed by atoms with E-state index in [-0.39, 0.29) is 4.90 Å². The Morgan fingerprint density at radius 3 is 2.78 bits per heavy atom. The largest absolute Gasteiger partial charge is 0.241 e. The van der Waals surface area contributed by atoms with Crippen molar-refractivity contribution in [3.05, 3.63) is 27.1 Å². The zero-order valence-electron chi connectivity index (χ0n) is 9.53. The summed E-state index contributed by atoms with van der Waals surface area (Å²) in [5.41, 5.74) is 0. The molecule has 3 nitrogen and oxygen atoms in total. The van der Waals surface area contributed by atoms with E-state index < -0.39 is 10.0 Å². The topological polar surface area (TPSA) is 46.2 Å². The predicted octanol–water partition coefficient (Wildman–Crippen LogP) is 3.24. The summed E-state index contributed by atoms with van der Waals surface area (Å²) >= 11 is 8.47. The van der Waals surface area contributed by atoms with Gasteiger partial charge in [0.25, 0.3) is 0 Å². The molecule has 0 radical (unpaired) electrons. The van der Waals surface area contributed by atoms with E-state index in [4.69, 9.17) is 0 Å². The highest BCUT2D eigenvalue weighted by Gasteiger charge is 2.21. The predicted molar refractivity (Wildman–Crippen MR) is 82.5 cm³/mol. The van der Waals surface area contributed by atoms with Crippen molar-refractivity contribution in [3.63, 3.8) is 0 Å². The molecule has 1 unspecified atom stereocenters. The fourth-order valence-electron chi connectivity index (χ4n) is 1.74. The van der Waals surface area contributed by atoms with Gasteiger partial charge in [-0.05, 0) is 58.0 Å². The molecular formula is C11H13Br2NO2S2. The molecule has 1 aromatic rings. The standard InChI is InChI=1S/C11H13Br2NO2S2/c12-9-1-2-11(10(13)5-9)18(15,16)14-6-8-3-4-17-7-8/h1-2,5,8,14H,3-4,6-7H2. The van der Waals surface area contributed by atoms with Gasteiger partial charge in [0.2, 0.25) is 10.0 Å². The second-order valence-corrected chi connectivity index (χ2v) is 8.81. The first kappa shape index (κ1) is 14.8. The van der Waals surface area contributed by atoms with E-state index in [1.807, 2.05) is 11.8 Å². The maximum absolute atomic E-state index is 12.2. The minimum Gasteiger partial charge on any atom is -0.211 e. The van der Waals surface area contributed by atoms with E-state index in [0.29, 0.717) is 16.9 Å². The van der Waals surface area contributed by atoms with Crippen LogP contribution >= 0.6 is 43.6 Å². The normalized spacial score (nSPS) is 20.2. The van der Waals surface area contributed by atoms with Crippen molar-refractivity contribution in [3.8, 4) is 0 Å². The molecule has 1 heterocycles. The number of benzene rings is 1. The summed E-state index contributed by atoms with van der Waals surface area (Å²) in [5, 5.41) is 0. The molecule has 1 fully saturated rings. The van der Waals surface area contributed by atoms with Crippen LogP contribution in [0.15, 0.2) is 32.0 Å². The molecule has 0 amide bonds. The zero-order chi connectivity index (χ0) is 13.2. The van der Waals surface area contributed by atoms with Gasteiger partial charge in [-0.25, -0.2) is 13.1 Å². The van der Waals surface area contributed by atoms with Crippen molar-refractivity contribution in [2.24, 2.45) is 5.92 Å². The van der Waals surface area contributed by atoms with Crippen molar-refractivity contribution >= 4 is 53.6 Å². The van der Waals surface area contributed by atoms with Gasteiger partial charge in [-0.1, -0.05) is 15.9 Å². The Morgan fingerprint density at radius 1 is 1.39 bits per heavy atom. The Labute approximate surface area is 128 Å². The van der Waals surface area contributed by atoms with Gasteiger partial charge in [-0.15, -0.1) is 0 Å². The molecule has 0 saturated carbocycles. The average molecular weight is 415 g/mol. The third kappa shape index (κ3) is 3.72. The molecule has 0 bridgehead atoms. The average Bonchev–Trinajstić information content (AvgIpc) is 2.78. The Hall–Kier alpha value is 0.440. The van der Waals surface area contributed by atoms with Crippen molar-refractivity contribution in [1.29, 1.82) is 0 Å². The molecule has 1 N–H and O–H groups in total. The Kier molecular flexibility index (Phi) is 5.16. The van der Waals surface area contributed by atoms with E-state index in [0.717, 1.165) is 22.4 Å². The second-order valence-electron chi connectivity index (χ2n) is 4.16. The van der Waals surface area contributed by atoms with E-state index in [9.17, 15) is 8.42 Å². The number of rotatable bonds is 4. The summed E-state index contributed by atoms with van der Waals surface area (Å²) in [7, 11) is -3.42. The minimum absolute atomic E-state index is 0.288. The molecule has 1 aliphatic rings. The van der Waals surface area contributed by atoms with Gasteiger partial charge in [-0.2, -0.15) is 11.8 Å². The molecule has 0 aliphatic carbocycles. The molecule has 0 spiro atoms. The smallest absolute Gasteiger partial charge is 0.211 e. The summed E-state index contributed by atoms with van der Waals surface area (Å²) in [4.78, 5) is 0.288. The fourth-order valence-corrected chi connectivity index (χ4v) is 5.89. The van der Waals surface area contributed by atoms with Gasteiger partial charge in [0, 0.05) is 15.5 Å². The lowest BCUT2D eigenvalue weighted by Crippen LogP contribution is -2.29. The zero-order valence-corrected chi connectivity index (χ0v) is 14.3. The van der Waals surface area contributed by atoms with Crippen molar-refractivity contribution in [1.82, 2.24) is 4.72 Å². The van der Waals surface area contributed by atoms with E-state index in [1.54, 1.807) is 18.2 Å². The monoisotopic (exact) mass is 413 g/mol. The number of hydrogen-bond donors (Lipinski definition) is 1. The van der Waals surface area contributed by atoms with Crippen molar-refractivity contribution < 1.29 is 8.42 Å². The van der Waals surface area contributed by atoms with Crippen LogP contribution in [-0.4, -0.2) is 26.5 Å². The van der Waals surface area contributed by atoms with Crippen LogP contribution in [0.5, 0.6) is 0 Å². The van der Waals surface area contributed by atoms with Gasteiger partial charge < -0.3 is 0 Å². The Bertz CT molecular complexity index is 528. The lowest BCUT2D eigenvalue weighted by Gasteiger charge is -2.12. The Morgan fingerprint density at radius 2 is 2.17 bits per heavy atom. The fraction of sp³-hybridized carbons (Fsp3) is 0.455. The highest BCUT2D eigenvalue weighted by atomic mass is 79.9. The third-order valence-electron chi connectivity index (χ3n) is 2.77. The van der Waals surface area contributed by atoms with Gasteiger partial charge in [0.05, 0.1) is 4.90 Å². The van der Waals surface area contributed by atoms with Crippen LogP contribution in [0.3, 0.4) is 0 Å². The van der Waals surface area contributed by atoms with E-state index in [1.165, 1.54) is 0 Å². The maximum Gasteiger partial charge on any atom is 0.241 e. The van der Waals surface area contributed by atoms with Crippen LogP contribution in [0.4, 0.5) is 0 Å². The van der Waals surface area contributed by atoms with Crippen LogP contribution < -0.4 is 4.72 Å². The van der Waals surface area contributed by atoms with E-state index >= 15 is 0 Å². The highest BCUT2D eigenvalue weighted by Crippen LogP contribution is 2.27. The SMILES string of the molecule is O=S(=O)(NCC1CCSC1)c1ccc(Br)cc1Br. The van der Waals surface area contributed by atoms with Crippen molar-refractivity contribution in [2.75, 3.05) is 18.1 Å². The van der Waals surface area contributed by atoms with Crippen LogP contribution in [0.1, 0.15) is 6.42 Å². The van der Waals surface area contributed by atoms with E-state index in [2.05, 4.69) is 36.6 Å². The summed E-state index contributed by atoms with van der Waals surface area (Å²) in [5.74, 6) is 2.64. The summed E-state index contributed by atoms with van der Waals surface area (Å²) in [6, 6.07) is 5.06. The molecule has 2 rings (SSSR count). The molecule has 1 saturated heterocycles. The van der Waals surface area contributed by atoms with Gasteiger partial charge >= 0.3 is 0 Å². The first-order valence-corrected chi connectivity index (χ1v) is 9.74. The van der Waals surface area contributed by atoms with Gasteiger partial charge in [0.1, 0.15) is 0 Å². The molecular weight excluding hydrogens is 402 g/mol. The third-order valence-corrected chi connectivity index (χ3v) is 6.89. The molecule has 100 valence electrons. The minimum atomic E-state index is -3.42. The Balaban J connectivity index is 2.09. The summed E-state index contributed by atoms with van der Waals surface area (Å²) in [6.07, 6.45) is 1.09. The van der Waals surface area contributed by atoms with Crippen LogP contribution in [0, 0.1) is 5.92 Å². The summed E-state index contributed by atoms with van der Waals surface area (Å²) < 4.78 is 28.4. The quantitative estimate of drug-likeness (QED) is 0.822. The molecule has 1 aliphatic heterocycles. The first-order chi connectivity index (χ1) is 8.49. The van der Waals surface area contributed by atoms with Gasteiger partial charge in [0.15, 0.2) is 0 Å². The number of hydrogen-bond acceptors (Lipinski definition) is 3. The number of halogens is 2. The molecule has 18 heavy (non-hydrogen) atoms. The maximum atomic E-state index is 12.2. The lowest BCUT2D eigenvalue weighted by atomic mass is 10.1. The molecule has 1 atom stereocenters. The molecule has 0 aromatic heterocycles. The highest BCUT2D eigenvalue weighted by molar-refractivity contribution is 9.11.